The van der Waals surface area contributed by atoms with Crippen LogP contribution in [0.5, 0.6) is 0 Å². The molecule has 0 radical (unpaired) electrons. The summed E-state index contributed by atoms with van der Waals surface area (Å²) in [4.78, 5) is 24.9. The number of ether oxygens (including phenoxy) is 3. The van der Waals surface area contributed by atoms with Crippen LogP contribution in [0.15, 0.2) is 48.6 Å². The van der Waals surface area contributed by atoms with Crippen LogP contribution in [0.4, 0.5) is 0 Å². The molecule has 0 aromatic carbocycles. The molecule has 1 heterocycles. The van der Waals surface area contributed by atoms with E-state index in [0.717, 1.165) is 89.9 Å². The highest BCUT2D eigenvalue weighted by Gasteiger charge is 2.44. The predicted octanol–water partition coefficient (Wildman–Crippen LogP) is 10.2. The molecular weight excluding hydrogens is 799 g/mol. The number of esters is 1. The van der Waals surface area contributed by atoms with E-state index >= 15 is 0 Å². The molecule has 0 spiro atoms. The van der Waals surface area contributed by atoms with E-state index < -0.39 is 49.5 Å². The van der Waals surface area contributed by atoms with Crippen molar-refractivity contribution < 1.29 is 49.3 Å². The minimum absolute atomic E-state index is 0.0324. The van der Waals surface area contributed by atoms with Gasteiger partial charge in [-0.1, -0.05) is 165 Å². The van der Waals surface area contributed by atoms with Gasteiger partial charge in [0.25, 0.3) is 0 Å². The normalized spacial score (nSPS) is 20.4. The van der Waals surface area contributed by atoms with E-state index in [4.69, 9.17) is 14.2 Å². The van der Waals surface area contributed by atoms with Crippen molar-refractivity contribution in [3.8, 4) is 0 Å². The third kappa shape index (κ3) is 32.9. The van der Waals surface area contributed by atoms with E-state index in [0.29, 0.717) is 25.9 Å². The lowest BCUT2D eigenvalue weighted by molar-refractivity contribution is -0.302. The molecule has 63 heavy (non-hydrogen) atoms. The van der Waals surface area contributed by atoms with E-state index in [-0.39, 0.29) is 18.5 Å². The summed E-state index contributed by atoms with van der Waals surface area (Å²) < 4.78 is 16.6. The standard InChI is InChI=1S/C52H93NO10/c1-3-5-7-9-11-13-19-24-28-32-36-40-48(57)61-41-37-33-29-25-21-18-16-14-15-17-20-23-27-31-35-39-47(56)53-44(45(55)38-34-30-26-22-12-10-8-6-4-2)43-62-52-51(60)50(59)49(58)46(42-54)63-52/h4,6,12,16,18,22,34,38,44-46,49-52,54-55,58-60H,3,5,7-11,13-15,17,19-21,23-33,35-37,39-43H2,1-2H3,(H,53,56)/b6-4+,18-16-,22-12+,38-34+. The first-order chi connectivity index (χ1) is 30.7. The third-order valence-corrected chi connectivity index (χ3v) is 11.7. The Balaban J connectivity index is 2.15. The predicted molar refractivity (Wildman–Crippen MR) is 255 cm³/mol. The smallest absolute Gasteiger partial charge is 0.305 e. The molecule has 0 bridgehead atoms. The number of carbonyl (C=O) groups is 2. The lowest BCUT2D eigenvalue weighted by Gasteiger charge is -2.40. The molecule has 1 aliphatic rings. The Morgan fingerprint density at radius 1 is 0.603 bits per heavy atom. The molecule has 1 rings (SSSR count). The van der Waals surface area contributed by atoms with Gasteiger partial charge in [-0.15, -0.1) is 0 Å². The van der Waals surface area contributed by atoms with Crippen LogP contribution < -0.4 is 5.32 Å². The van der Waals surface area contributed by atoms with Gasteiger partial charge in [-0.05, 0) is 77.6 Å². The summed E-state index contributed by atoms with van der Waals surface area (Å²) in [6.45, 7) is 4.01. The van der Waals surface area contributed by atoms with Crippen molar-refractivity contribution in [2.24, 2.45) is 0 Å². The van der Waals surface area contributed by atoms with Gasteiger partial charge in [0.1, 0.15) is 24.4 Å². The van der Waals surface area contributed by atoms with Crippen LogP contribution in [0.25, 0.3) is 0 Å². The molecule has 366 valence electrons. The average molecular weight is 892 g/mol. The topological polar surface area (TPSA) is 175 Å². The molecule has 0 aromatic heterocycles. The molecule has 11 heteroatoms. The van der Waals surface area contributed by atoms with Gasteiger partial charge in [0.15, 0.2) is 6.29 Å². The first-order valence-electron chi connectivity index (χ1n) is 25.4. The second-order valence-corrected chi connectivity index (χ2v) is 17.5. The molecule has 0 aliphatic carbocycles. The number of carbonyl (C=O) groups excluding carboxylic acids is 2. The Bertz CT molecular complexity index is 1190. The Kier molecular flexibility index (Phi) is 39.3. The van der Waals surface area contributed by atoms with Crippen molar-refractivity contribution in [1.29, 1.82) is 0 Å². The molecule has 1 amide bonds. The zero-order chi connectivity index (χ0) is 46.0. The maximum absolute atomic E-state index is 12.9. The molecule has 1 saturated heterocycles. The van der Waals surface area contributed by atoms with Crippen LogP contribution in [-0.4, -0.2) is 100 Å². The maximum atomic E-state index is 12.9. The number of amides is 1. The average Bonchev–Trinajstić information content (AvgIpc) is 3.28. The maximum Gasteiger partial charge on any atom is 0.305 e. The number of hydrogen-bond acceptors (Lipinski definition) is 10. The molecule has 0 saturated carbocycles. The summed E-state index contributed by atoms with van der Waals surface area (Å²) in [6.07, 6.45) is 40.8. The van der Waals surface area contributed by atoms with Gasteiger partial charge in [0.2, 0.25) is 5.91 Å². The molecule has 7 atom stereocenters. The van der Waals surface area contributed by atoms with Crippen molar-refractivity contribution >= 4 is 11.9 Å². The fourth-order valence-corrected chi connectivity index (χ4v) is 7.64. The van der Waals surface area contributed by atoms with Gasteiger partial charge in [-0.3, -0.25) is 9.59 Å². The molecule has 1 fully saturated rings. The van der Waals surface area contributed by atoms with Gasteiger partial charge < -0.3 is 45.1 Å². The third-order valence-electron chi connectivity index (χ3n) is 11.7. The quantitative estimate of drug-likeness (QED) is 0.0197. The number of nitrogens with one attached hydrogen (secondary N) is 1. The summed E-state index contributed by atoms with van der Waals surface area (Å²) in [5.74, 6) is -0.249. The summed E-state index contributed by atoms with van der Waals surface area (Å²) in [5.41, 5.74) is 0. The zero-order valence-electron chi connectivity index (χ0n) is 39.8. The lowest BCUT2D eigenvalue weighted by Crippen LogP contribution is -2.60. The number of aliphatic hydroxyl groups excluding tert-OH is 5. The van der Waals surface area contributed by atoms with Crippen LogP contribution in [0, 0.1) is 0 Å². The zero-order valence-corrected chi connectivity index (χ0v) is 39.8. The lowest BCUT2D eigenvalue weighted by atomic mass is 9.99. The van der Waals surface area contributed by atoms with Crippen molar-refractivity contribution in [3.63, 3.8) is 0 Å². The first kappa shape index (κ1) is 58.6. The van der Waals surface area contributed by atoms with E-state index in [1.807, 2.05) is 19.1 Å². The Morgan fingerprint density at radius 2 is 1.10 bits per heavy atom. The van der Waals surface area contributed by atoms with Gasteiger partial charge in [-0.25, -0.2) is 0 Å². The molecule has 6 N–H and O–H groups in total. The van der Waals surface area contributed by atoms with Crippen molar-refractivity contribution in [2.45, 2.75) is 249 Å². The Labute approximate surface area is 383 Å². The van der Waals surface area contributed by atoms with Crippen LogP contribution >= 0.6 is 0 Å². The van der Waals surface area contributed by atoms with Crippen molar-refractivity contribution in [1.82, 2.24) is 5.32 Å². The summed E-state index contributed by atoms with van der Waals surface area (Å²) >= 11 is 0. The molecule has 11 nitrogen and oxygen atoms in total. The summed E-state index contributed by atoms with van der Waals surface area (Å²) in [7, 11) is 0. The van der Waals surface area contributed by atoms with Crippen molar-refractivity contribution in [2.75, 3.05) is 19.8 Å². The van der Waals surface area contributed by atoms with Gasteiger partial charge >= 0.3 is 5.97 Å². The van der Waals surface area contributed by atoms with Gasteiger partial charge in [0, 0.05) is 12.8 Å². The summed E-state index contributed by atoms with van der Waals surface area (Å²) in [5, 5.41) is 54.0. The minimum Gasteiger partial charge on any atom is -0.466 e. The van der Waals surface area contributed by atoms with Crippen LogP contribution in [0.3, 0.4) is 0 Å². The van der Waals surface area contributed by atoms with Crippen molar-refractivity contribution in [3.05, 3.63) is 48.6 Å². The SMILES string of the molecule is C/C=C/CC/C=C/CC/C=C/C(O)C(COC1OC(CO)C(O)C(O)C1O)NC(=O)CCCCCCCCC/C=C\CCCCCCOC(=O)CCCCCCCCCCCCC. The molecular formula is C52H93NO10. The van der Waals surface area contributed by atoms with Gasteiger partial charge in [0.05, 0.1) is 32.0 Å². The minimum atomic E-state index is -1.58. The number of allylic oxidation sites excluding steroid dienone is 7. The fourth-order valence-electron chi connectivity index (χ4n) is 7.64. The van der Waals surface area contributed by atoms with E-state index in [2.05, 4.69) is 42.6 Å². The highest BCUT2D eigenvalue weighted by molar-refractivity contribution is 5.76. The van der Waals surface area contributed by atoms with E-state index in [1.54, 1.807) is 6.08 Å². The number of unbranched alkanes of at least 4 members (excludes halogenated alkanes) is 23. The number of hydrogen-bond donors (Lipinski definition) is 6. The Hall–Kier alpha value is -2.38. The second-order valence-electron chi connectivity index (χ2n) is 17.5. The number of rotatable bonds is 42. The van der Waals surface area contributed by atoms with Crippen LogP contribution in [0.2, 0.25) is 0 Å². The van der Waals surface area contributed by atoms with Crippen LogP contribution in [-0.2, 0) is 23.8 Å². The fraction of sp³-hybridized carbons (Fsp3) is 0.808. The monoisotopic (exact) mass is 892 g/mol. The largest absolute Gasteiger partial charge is 0.466 e. The van der Waals surface area contributed by atoms with E-state index in [1.165, 1.54) is 83.5 Å². The highest BCUT2D eigenvalue weighted by atomic mass is 16.7. The van der Waals surface area contributed by atoms with Crippen LogP contribution in [0.1, 0.15) is 206 Å². The molecule has 1 aliphatic heterocycles. The number of aliphatic hydroxyl groups is 5. The van der Waals surface area contributed by atoms with E-state index in [9.17, 15) is 35.1 Å². The summed E-state index contributed by atoms with van der Waals surface area (Å²) in [6, 6.07) is -0.844. The van der Waals surface area contributed by atoms with Gasteiger partial charge in [-0.2, -0.15) is 0 Å². The molecule has 7 unspecified atom stereocenters. The first-order valence-corrected chi connectivity index (χ1v) is 25.4. The second kappa shape index (κ2) is 42.3. The Morgan fingerprint density at radius 3 is 1.67 bits per heavy atom. The molecule has 0 aromatic rings. The highest BCUT2D eigenvalue weighted by Crippen LogP contribution is 2.22.